The van der Waals surface area contributed by atoms with Crippen LogP contribution in [0.5, 0.6) is 0 Å². The molecule has 0 spiro atoms. The molecule has 0 bridgehead atoms. The standard InChI is InChI=1S/C51H31N3.C50H39N.C25H22N2.C12H9Br/c1-3-17-33-29(13-1)31-15-5-7-23-39(31)52-41-25-11-27-43-47(41)45-35(49(33)52)19-9-21-37(45)51-38-22-10-20-36-46(38)48-42(26-12-28-44(48)54(43)51)53-40-24-8-6-16-32(40)30-14-2-4-18-34(30)50(36)53;1-3-19-37(20-4-1)43-27-11-7-23-39(43)35-41-25-9-13-29-45(41)47-31-15-17-33-49(47)51-50-34-18-16-32-48(50)46-30-14-10-26-42(46)36-40-24-8-12-28-44(40)38-21-5-2-6-22-38;26-24-15-7-5-13-22(24)20-11-3-1-9-18(20)17-19-10-2-4-12-21(19)23-14-6-8-16-25(23)27;13-12-9-5-4-8-11(12)10-6-2-1-3-7-10/h1-28,49-51H;1-34,51H,35-36H2;1-16H,17,26-27H2;1-9H. The molecule has 0 amide bonds. The Morgan fingerprint density at radius 3 is 0.759 bits per heavy atom. The molecule has 2 unspecified atom stereocenters. The molecule has 0 fully saturated rings. The van der Waals surface area contributed by atoms with Gasteiger partial charge in [0.1, 0.15) is 0 Å². The van der Waals surface area contributed by atoms with E-state index in [-0.39, 0.29) is 18.1 Å². The Balaban J connectivity index is 0.000000111. The van der Waals surface area contributed by atoms with Crippen molar-refractivity contribution in [2.75, 3.05) is 31.5 Å². The first-order valence-corrected chi connectivity index (χ1v) is 50.9. The van der Waals surface area contributed by atoms with E-state index < -0.39 is 0 Å². The topological polar surface area (TPSA) is 73.8 Å². The second-order valence-corrected chi connectivity index (χ2v) is 38.8. The molecule has 0 aliphatic carbocycles. The van der Waals surface area contributed by atoms with E-state index in [9.17, 15) is 0 Å². The van der Waals surface area contributed by atoms with Gasteiger partial charge in [-0.25, -0.2) is 0 Å². The predicted molar refractivity (Wildman–Crippen MR) is 611 cm³/mol. The Kier molecular flexibility index (Phi) is 23.6. The zero-order valence-electron chi connectivity index (χ0n) is 80.0. The smallest absolute Gasteiger partial charge is 0.0857 e. The molecule has 0 radical (unpaired) electrons. The number of fused-ring (bicyclic) bond motifs is 21. The Hall–Kier alpha value is -17.9. The van der Waals surface area contributed by atoms with E-state index in [0.29, 0.717) is 0 Å². The van der Waals surface area contributed by atoms with Crippen molar-refractivity contribution in [3.63, 3.8) is 0 Å². The third-order valence-corrected chi connectivity index (χ3v) is 30.5. The molecular formula is C138H101BrN6. The molecule has 0 aromatic heterocycles. The summed E-state index contributed by atoms with van der Waals surface area (Å²) in [5, 5.41) is 3.89. The SMILES string of the molecule is Brc1ccccc1-c1ccccc1.Nc1ccccc1-c1ccccc1Cc1ccccc1-c1ccccc1N.c1ccc(-c2ccccc2Cc2ccccc2-c2ccccc2Nc2ccccc2-c2ccccc2Cc2ccccc2-c2ccccc2)cc1.c1ccc2c(c1)-c1ccccc1N1c3cccc4c3-c3c(cccc3C3c5cccc6c5-c5c(cccc5N43)N3c4ccccc4-c4ccccc4C63)C21. The number of rotatable bonds is 15. The lowest BCUT2D eigenvalue weighted by Crippen LogP contribution is -2.40. The monoisotopic (exact) mass is 1920 g/mol. The molecule has 2 atom stereocenters. The number of hydrogen-bond donors (Lipinski definition) is 3. The fourth-order valence-corrected chi connectivity index (χ4v) is 24.0. The van der Waals surface area contributed by atoms with Gasteiger partial charge in [-0.15, -0.1) is 0 Å². The zero-order chi connectivity index (χ0) is 96.8. The highest BCUT2D eigenvalue weighted by Gasteiger charge is 2.50. The van der Waals surface area contributed by atoms with E-state index in [4.69, 9.17) is 11.5 Å². The summed E-state index contributed by atoms with van der Waals surface area (Å²) in [5.74, 6) is 0. The minimum absolute atomic E-state index is 0.0377. The number of nitrogens with one attached hydrogen (secondary N) is 1. The summed E-state index contributed by atoms with van der Waals surface area (Å²) >= 11 is 3.53. The first kappa shape index (κ1) is 88.5. The average Bonchev–Trinajstić information content (AvgIpc) is 0.666. The molecule has 7 heteroatoms. The van der Waals surface area contributed by atoms with E-state index >= 15 is 0 Å². The molecule has 6 nitrogen and oxygen atoms in total. The largest absolute Gasteiger partial charge is 0.398 e. The van der Waals surface area contributed by atoms with Crippen molar-refractivity contribution in [1.82, 2.24) is 0 Å². The maximum Gasteiger partial charge on any atom is 0.0857 e. The molecule has 145 heavy (non-hydrogen) atoms. The molecular weight excluding hydrogens is 1820 g/mol. The summed E-state index contributed by atoms with van der Waals surface area (Å²) in [7, 11) is 0. The second kappa shape index (κ2) is 38.6. The summed E-state index contributed by atoms with van der Waals surface area (Å²) in [4.78, 5) is 7.95. The number of hydrogen-bond acceptors (Lipinski definition) is 6. The lowest BCUT2D eigenvalue weighted by molar-refractivity contribution is 0.748. The van der Waals surface area contributed by atoms with Crippen LogP contribution in [0.15, 0.2) is 532 Å². The quantitative estimate of drug-likeness (QED) is 0.0889. The highest BCUT2D eigenvalue weighted by atomic mass is 79.9. The van der Waals surface area contributed by atoms with E-state index in [1.807, 2.05) is 54.6 Å². The van der Waals surface area contributed by atoms with E-state index in [1.54, 1.807) is 0 Å². The molecule has 22 aromatic carbocycles. The maximum absolute atomic E-state index is 6.24. The normalized spacial score (nSPS) is 13.7. The molecule has 6 heterocycles. The summed E-state index contributed by atoms with van der Waals surface area (Å²) in [6.07, 6.45) is 2.49. The molecule has 5 N–H and O–H groups in total. The van der Waals surface area contributed by atoms with Gasteiger partial charge in [-0.2, -0.15) is 0 Å². The highest BCUT2D eigenvalue weighted by molar-refractivity contribution is 9.10. The van der Waals surface area contributed by atoms with Crippen LogP contribution >= 0.6 is 15.9 Å². The van der Waals surface area contributed by atoms with Gasteiger partial charge in [-0.3, -0.25) is 0 Å². The van der Waals surface area contributed by atoms with Gasteiger partial charge in [0.05, 0.1) is 40.9 Å². The number of nitrogens with two attached hydrogens (primary N) is 2. The van der Waals surface area contributed by atoms with Crippen molar-refractivity contribution >= 4 is 72.8 Å². The molecule has 6 aliphatic rings. The van der Waals surface area contributed by atoms with Gasteiger partial charge in [-0.05, 0) is 231 Å². The van der Waals surface area contributed by atoms with Crippen molar-refractivity contribution < 1.29 is 0 Å². The van der Waals surface area contributed by atoms with Crippen molar-refractivity contribution in [3.05, 3.63) is 599 Å². The predicted octanol–water partition coefficient (Wildman–Crippen LogP) is 36.2. The zero-order valence-corrected chi connectivity index (χ0v) is 81.5. The lowest BCUT2D eigenvalue weighted by Gasteiger charge is -2.53. The third kappa shape index (κ3) is 16.1. The fourth-order valence-electron chi connectivity index (χ4n) is 23.5. The molecule has 28 rings (SSSR count). The van der Waals surface area contributed by atoms with Gasteiger partial charge in [0.25, 0.3) is 0 Å². The maximum atomic E-state index is 6.24. The van der Waals surface area contributed by atoms with Crippen LogP contribution in [0.1, 0.15) is 84.9 Å². The van der Waals surface area contributed by atoms with E-state index in [1.165, 1.54) is 212 Å². The van der Waals surface area contributed by atoms with Crippen LogP contribution in [0.2, 0.25) is 0 Å². The lowest BCUT2D eigenvalue weighted by atomic mass is 9.69. The van der Waals surface area contributed by atoms with Crippen molar-refractivity contribution in [1.29, 1.82) is 0 Å². The minimum Gasteiger partial charge on any atom is -0.398 e. The number of anilines is 10. The van der Waals surface area contributed by atoms with Gasteiger partial charge in [-0.1, -0.05) is 477 Å². The van der Waals surface area contributed by atoms with Crippen LogP contribution in [-0.4, -0.2) is 0 Å². The van der Waals surface area contributed by atoms with Crippen LogP contribution < -0.4 is 31.5 Å². The Labute approximate surface area is 856 Å². The fraction of sp³-hybridized carbons (Fsp3) is 0.0435. The number of para-hydroxylation sites is 6. The second-order valence-electron chi connectivity index (χ2n) is 37.9. The van der Waals surface area contributed by atoms with Gasteiger partial charge in [0.15, 0.2) is 0 Å². The van der Waals surface area contributed by atoms with Crippen molar-refractivity contribution in [2.45, 2.75) is 37.4 Å². The van der Waals surface area contributed by atoms with Gasteiger partial charge in [0, 0.05) is 83.1 Å². The molecule has 22 aromatic rings. The number of nitrogens with zero attached hydrogens (tertiary/aromatic N) is 3. The van der Waals surface area contributed by atoms with Crippen LogP contribution in [0, 0.1) is 0 Å². The summed E-state index contributed by atoms with van der Waals surface area (Å²) in [6, 6.07) is 190. The molecule has 0 saturated carbocycles. The van der Waals surface area contributed by atoms with Crippen LogP contribution in [-0.2, 0) is 19.3 Å². The highest BCUT2D eigenvalue weighted by Crippen LogP contribution is 2.69. The Morgan fingerprint density at radius 1 is 0.172 bits per heavy atom. The molecule has 690 valence electrons. The first-order chi connectivity index (χ1) is 71.8. The summed E-state index contributed by atoms with van der Waals surface area (Å²) in [5.41, 5.74) is 67.6. The minimum atomic E-state index is 0.0377. The van der Waals surface area contributed by atoms with Crippen LogP contribution in [0.25, 0.3) is 122 Å². The van der Waals surface area contributed by atoms with Crippen molar-refractivity contribution in [2.24, 2.45) is 0 Å². The van der Waals surface area contributed by atoms with Crippen LogP contribution in [0.4, 0.5) is 56.9 Å². The van der Waals surface area contributed by atoms with Gasteiger partial charge >= 0.3 is 0 Å². The number of halogens is 1. The Morgan fingerprint density at radius 2 is 0.400 bits per heavy atom. The van der Waals surface area contributed by atoms with Crippen molar-refractivity contribution in [3.8, 4) is 122 Å². The van der Waals surface area contributed by atoms with Gasteiger partial charge < -0.3 is 31.5 Å². The van der Waals surface area contributed by atoms with E-state index in [2.05, 4.69) is 509 Å². The molecule has 6 aliphatic heterocycles. The Bertz CT molecular complexity index is 8020. The summed E-state index contributed by atoms with van der Waals surface area (Å²) < 4.78 is 1.14. The van der Waals surface area contributed by atoms with Crippen LogP contribution in [0.3, 0.4) is 0 Å². The van der Waals surface area contributed by atoms with E-state index in [0.717, 1.165) is 57.6 Å². The average molecular weight is 1920 g/mol. The first-order valence-electron chi connectivity index (χ1n) is 50.1. The molecule has 0 saturated heterocycles. The number of benzene rings is 22. The third-order valence-electron chi connectivity index (χ3n) is 29.8. The van der Waals surface area contributed by atoms with Gasteiger partial charge in [0.2, 0.25) is 0 Å². The summed E-state index contributed by atoms with van der Waals surface area (Å²) in [6.45, 7) is 0. The number of nitrogen functional groups attached to an aromatic ring is 2.